The van der Waals surface area contributed by atoms with Gasteiger partial charge in [0.25, 0.3) is 0 Å². The Morgan fingerprint density at radius 2 is 2.13 bits per heavy atom. The van der Waals surface area contributed by atoms with Crippen LogP contribution >= 0.6 is 0 Å². The first-order chi connectivity index (χ1) is 7.34. The Morgan fingerprint density at radius 3 is 2.80 bits per heavy atom. The molecule has 0 saturated carbocycles. The fourth-order valence-corrected chi connectivity index (χ4v) is 1.78. The molecule has 1 aromatic carbocycles. The van der Waals surface area contributed by atoms with Gasteiger partial charge >= 0.3 is 0 Å². The molecule has 1 atom stereocenters. The zero-order valence-corrected chi connectivity index (χ0v) is 8.71. The summed E-state index contributed by atoms with van der Waals surface area (Å²) in [7, 11) is 0. The van der Waals surface area contributed by atoms with Crippen molar-refractivity contribution in [3.63, 3.8) is 0 Å². The van der Waals surface area contributed by atoms with E-state index in [0.29, 0.717) is 12.5 Å². The van der Waals surface area contributed by atoms with Crippen molar-refractivity contribution in [2.24, 2.45) is 5.92 Å². The van der Waals surface area contributed by atoms with Gasteiger partial charge in [-0.3, -0.25) is 0 Å². The lowest BCUT2D eigenvalue weighted by atomic mass is 10.1. The van der Waals surface area contributed by atoms with Crippen LogP contribution in [0.3, 0.4) is 0 Å². The van der Waals surface area contributed by atoms with Crippen LogP contribution < -0.4 is 5.32 Å². The SMILES string of the molecule is Fc1ccc(COCC2CCNC2)cc1. The molecule has 1 aromatic rings. The normalized spacial score (nSPS) is 20.7. The predicted octanol–water partition coefficient (Wildman–Crippen LogP) is 1.95. The summed E-state index contributed by atoms with van der Waals surface area (Å²) in [5, 5.41) is 3.30. The fourth-order valence-electron chi connectivity index (χ4n) is 1.78. The van der Waals surface area contributed by atoms with E-state index in [1.807, 2.05) is 0 Å². The van der Waals surface area contributed by atoms with E-state index in [9.17, 15) is 4.39 Å². The standard InChI is InChI=1S/C12H16FNO/c13-12-3-1-10(2-4-12)8-15-9-11-5-6-14-7-11/h1-4,11,14H,5-9H2. The van der Waals surface area contributed by atoms with Crippen LogP contribution in [-0.4, -0.2) is 19.7 Å². The van der Waals surface area contributed by atoms with Gasteiger partial charge < -0.3 is 10.1 Å². The zero-order chi connectivity index (χ0) is 10.5. The highest BCUT2D eigenvalue weighted by molar-refractivity contribution is 5.14. The second-order valence-corrected chi connectivity index (χ2v) is 4.00. The van der Waals surface area contributed by atoms with Crippen LogP contribution in [0, 0.1) is 11.7 Å². The molecular formula is C12H16FNO. The molecule has 1 N–H and O–H groups in total. The summed E-state index contributed by atoms with van der Waals surface area (Å²) in [4.78, 5) is 0. The van der Waals surface area contributed by atoms with Gasteiger partial charge in [-0.2, -0.15) is 0 Å². The Bertz CT molecular complexity index is 293. The lowest BCUT2D eigenvalue weighted by molar-refractivity contribution is 0.0924. The van der Waals surface area contributed by atoms with Crippen LogP contribution in [0.4, 0.5) is 4.39 Å². The number of benzene rings is 1. The average molecular weight is 209 g/mol. The number of rotatable bonds is 4. The molecule has 1 aliphatic rings. The molecule has 0 spiro atoms. The summed E-state index contributed by atoms with van der Waals surface area (Å²) in [5.74, 6) is 0.448. The largest absolute Gasteiger partial charge is 0.376 e. The first kappa shape index (κ1) is 10.6. The van der Waals surface area contributed by atoms with Crippen molar-refractivity contribution in [1.82, 2.24) is 5.32 Å². The molecule has 1 aliphatic heterocycles. The Balaban J connectivity index is 1.71. The molecule has 1 fully saturated rings. The van der Waals surface area contributed by atoms with E-state index >= 15 is 0 Å². The van der Waals surface area contributed by atoms with Crippen LogP contribution in [0.1, 0.15) is 12.0 Å². The van der Waals surface area contributed by atoms with E-state index in [0.717, 1.165) is 25.3 Å². The van der Waals surface area contributed by atoms with E-state index in [4.69, 9.17) is 4.74 Å². The molecular weight excluding hydrogens is 193 g/mol. The third-order valence-corrected chi connectivity index (χ3v) is 2.70. The van der Waals surface area contributed by atoms with Crippen LogP contribution in [0.25, 0.3) is 0 Å². The minimum Gasteiger partial charge on any atom is -0.376 e. The molecule has 0 radical (unpaired) electrons. The van der Waals surface area contributed by atoms with Crippen LogP contribution in [0.5, 0.6) is 0 Å². The van der Waals surface area contributed by atoms with Gasteiger partial charge in [-0.15, -0.1) is 0 Å². The summed E-state index contributed by atoms with van der Waals surface area (Å²) in [6.45, 7) is 3.54. The van der Waals surface area contributed by atoms with Crippen LogP contribution in [0.2, 0.25) is 0 Å². The van der Waals surface area contributed by atoms with E-state index < -0.39 is 0 Å². The van der Waals surface area contributed by atoms with E-state index in [-0.39, 0.29) is 5.82 Å². The number of hydrogen-bond acceptors (Lipinski definition) is 2. The highest BCUT2D eigenvalue weighted by Gasteiger charge is 2.13. The quantitative estimate of drug-likeness (QED) is 0.818. The molecule has 2 rings (SSSR count). The number of halogens is 1. The molecule has 0 amide bonds. The number of nitrogens with one attached hydrogen (secondary N) is 1. The van der Waals surface area contributed by atoms with Gasteiger partial charge in [0.15, 0.2) is 0 Å². The molecule has 2 nitrogen and oxygen atoms in total. The molecule has 3 heteroatoms. The van der Waals surface area contributed by atoms with Crippen molar-refractivity contribution < 1.29 is 9.13 Å². The minimum absolute atomic E-state index is 0.196. The van der Waals surface area contributed by atoms with Crippen molar-refractivity contribution in [3.05, 3.63) is 35.6 Å². The van der Waals surface area contributed by atoms with Crippen molar-refractivity contribution in [2.75, 3.05) is 19.7 Å². The molecule has 1 saturated heterocycles. The Morgan fingerprint density at radius 1 is 1.33 bits per heavy atom. The van der Waals surface area contributed by atoms with Gasteiger partial charge in [0.05, 0.1) is 13.2 Å². The van der Waals surface area contributed by atoms with Gasteiger partial charge in [0.2, 0.25) is 0 Å². The van der Waals surface area contributed by atoms with Gasteiger partial charge in [-0.25, -0.2) is 4.39 Å². The minimum atomic E-state index is -0.196. The van der Waals surface area contributed by atoms with E-state index in [2.05, 4.69) is 5.32 Å². The smallest absolute Gasteiger partial charge is 0.123 e. The average Bonchev–Trinajstić information content (AvgIpc) is 2.74. The summed E-state index contributed by atoms with van der Waals surface area (Å²) in [5.41, 5.74) is 1.03. The molecule has 0 aliphatic carbocycles. The van der Waals surface area contributed by atoms with Gasteiger partial charge in [0.1, 0.15) is 5.82 Å². The predicted molar refractivity (Wildman–Crippen MR) is 57.0 cm³/mol. The highest BCUT2D eigenvalue weighted by Crippen LogP contribution is 2.10. The fraction of sp³-hybridized carbons (Fsp3) is 0.500. The van der Waals surface area contributed by atoms with Crippen molar-refractivity contribution in [1.29, 1.82) is 0 Å². The van der Waals surface area contributed by atoms with Gasteiger partial charge in [-0.1, -0.05) is 12.1 Å². The van der Waals surface area contributed by atoms with Crippen molar-refractivity contribution in [2.45, 2.75) is 13.0 Å². The topological polar surface area (TPSA) is 21.3 Å². The summed E-state index contributed by atoms with van der Waals surface area (Å²) in [6.07, 6.45) is 1.20. The number of ether oxygens (including phenoxy) is 1. The molecule has 0 bridgehead atoms. The van der Waals surface area contributed by atoms with Crippen LogP contribution in [-0.2, 0) is 11.3 Å². The van der Waals surface area contributed by atoms with Crippen molar-refractivity contribution >= 4 is 0 Å². The van der Waals surface area contributed by atoms with E-state index in [1.165, 1.54) is 18.6 Å². The third kappa shape index (κ3) is 3.29. The highest BCUT2D eigenvalue weighted by atomic mass is 19.1. The summed E-state index contributed by atoms with van der Waals surface area (Å²) < 4.78 is 18.2. The summed E-state index contributed by atoms with van der Waals surface area (Å²) in [6, 6.07) is 6.47. The molecule has 1 heterocycles. The molecule has 0 aromatic heterocycles. The number of hydrogen-bond donors (Lipinski definition) is 1. The van der Waals surface area contributed by atoms with E-state index in [1.54, 1.807) is 12.1 Å². The Kier molecular flexibility index (Phi) is 3.69. The molecule has 82 valence electrons. The second-order valence-electron chi connectivity index (χ2n) is 4.00. The van der Waals surface area contributed by atoms with Gasteiger partial charge in [-0.05, 0) is 36.6 Å². The maximum Gasteiger partial charge on any atom is 0.123 e. The lowest BCUT2D eigenvalue weighted by Crippen LogP contribution is -2.13. The lowest BCUT2D eigenvalue weighted by Gasteiger charge is -2.09. The van der Waals surface area contributed by atoms with Gasteiger partial charge in [0, 0.05) is 6.54 Å². The Labute approximate surface area is 89.4 Å². The van der Waals surface area contributed by atoms with Crippen molar-refractivity contribution in [3.8, 4) is 0 Å². The maximum absolute atomic E-state index is 12.6. The first-order valence-electron chi connectivity index (χ1n) is 5.37. The summed E-state index contributed by atoms with van der Waals surface area (Å²) >= 11 is 0. The second kappa shape index (κ2) is 5.24. The maximum atomic E-state index is 12.6. The zero-order valence-electron chi connectivity index (χ0n) is 8.71. The monoisotopic (exact) mass is 209 g/mol. The third-order valence-electron chi connectivity index (χ3n) is 2.70. The van der Waals surface area contributed by atoms with Crippen LogP contribution in [0.15, 0.2) is 24.3 Å². The molecule has 1 unspecified atom stereocenters. The first-order valence-corrected chi connectivity index (χ1v) is 5.37. The molecule has 15 heavy (non-hydrogen) atoms. The Hall–Kier alpha value is -0.930.